The molecule has 2 aromatic carbocycles. The number of carbonyl (C=O) groups is 2. The minimum Gasteiger partial charge on any atom is -0.497 e. The standard InChI is InChI=1S/C24H26N2O6S/c1-5-32-24(28)23-17(3)25-16(2)22(23)21(27)15-26(18-11-13-19(31-4)14-12-18)33(29,30)20-9-7-6-8-10-20/h6-14,25H,5,15H2,1-4H3. The lowest BCUT2D eigenvalue weighted by Crippen LogP contribution is -2.36. The number of anilines is 1. The lowest BCUT2D eigenvalue weighted by atomic mass is 10.0. The first kappa shape index (κ1) is 24.1. The molecule has 174 valence electrons. The van der Waals surface area contributed by atoms with Crippen LogP contribution >= 0.6 is 0 Å². The fourth-order valence-electron chi connectivity index (χ4n) is 3.58. The molecule has 0 fully saturated rings. The van der Waals surface area contributed by atoms with Gasteiger partial charge in [0, 0.05) is 11.4 Å². The zero-order valence-corrected chi connectivity index (χ0v) is 19.7. The summed E-state index contributed by atoms with van der Waals surface area (Å²) in [6, 6.07) is 14.2. The van der Waals surface area contributed by atoms with Gasteiger partial charge in [0.2, 0.25) is 0 Å². The summed E-state index contributed by atoms with van der Waals surface area (Å²) in [7, 11) is -2.58. The lowest BCUT2D eigenvalue weighted by molar-refractivity contribution is 0.0522. The number of esters is 1. The maximum absolute atomic E-state index is 13.5. The molecule has 0 bridgehead atoms. The van der Waals surface area contributed by atoms with Gasteiger partial charge in [-0.25, -0.2) is 13.2 Å². The van der Waals surface area contributed by atoms with E-state index < -0.39 is 28.3 Å². The smallest absolute Gasteiger partial charge is 0.340 e. The van der Waals surface area contributed by atoms with E-state index in [-0.39, 0.29) is 28.3 Å². The molecule has 8 nitrogen and oxygen atoms in total. The highest BCUT2D eigenvalue weighted by Crippen LogP contribution is 2.28. The summed E-state index contributed by atoms with van der Waals surface area (Å²) in [6.07, 6.45) is 0. The van der Waals surface area contributed by atoms with Gasteiger partial charge in [-0.3, -0.25) is 9.10 Å². The van der Waals surface area contributed by atoms with Gasteiger partial charge in [0.15, 0.2) is 5.78 Å². The van der Waals surface area contributed by atoms with Crippen molar-refractivity contribution in [3.05, 3.63) is 77.1 Å². The number of aromatic amines is 1. The van der Waals surface area contributed by atoms with Crippen LogP contribution in [0.1, 0.15) is 39.0 Å². The van der Waals surface area contributed by atoms with Crippen molar-refractivity contribution in [1.82, 2.24) is 4.98 Å². The van der Waals surface area contributed by atoms with Crippen molar-refractivity contribution in [3.63, 3.8) is 0 Å². The number of benzene rings is 2. The lowest BCUT2D eigenvalue weighted by Gasteiger charge is -2.24. The first-order chi connectivity index (χ1) is 15.7. The monoisotopic (exact) mass is 470 g/mol. The fraction of sp³-hybridized carbons (Fsp3) is 0.250. The van der Waals surface area contributed by atoms with Crippen molar-refractivity contribution in [2.75, 3.05) is 24.6 Å². The number of ether oxygens (including phenoxy) is 2. The van der Waals surface area contributed by atoms with Gasteiger partial charge in [0.25, 0.3) is 10.0 Å². The molecule has 0 unspecified atom stereocenters. The summed E-state index contributed by atoms with van der Waals surface area (Å²) in [5.41, 5.74) is 1.47. The number of hydrogen-bond donors (Lipinski definition) is 1. The van der Waals surface area contributed by atoms with Crippen LogP contribution in [-0.2, 0) is 14.8 Å². The first-order valence-corrected chi connectivity index (χ1v) is 11.8. The number of methoxy groups -OCH3 is 1. The van der Waals surface area contributed by atoms with Gasteiger partial charge in [-0.05, 0) is 57.2 Å². The van der Waals surface area contributed by atoms with Crippen molar-refractivity contribution >= 4 is 27.5 Å². The Morgan fingerprint density at radius 1 is 0.939 bits per heavy atom. The maximum Gasteiger partial charge on any atom is 0.340 e. The van der Waals surface area contributed by atoms with Gasteiger partial charge < -0.3 is 14.5 Å². The third-order valence-corrected chi connectivity index (χ3v) is 6.90. The van der Waals surface area contributed by atoms with E-state index in [1.165, 1.54) is 19.2 Å². The van der Waals surface area contributed by atoms with Gasteiger partial charge in [-0.2, -0.15) is 0 Å². The zero-order chi connectivity index (χ0) is 24.2. The predicted octanol–water partition coefficient (Wildman–Crippen LogP) is 3.90. The molecule has 0 aliphatic heterocycles. The Kier molecular flexibility index (Phi) is 7.23. The van der Waals surface area contributed by atoms with E-state index in [1.807, 2.05) is 0 Å². The van der Waals surface area contributed by atoms with E-state index in [9.17, 15) is 18.0 Å². The number of hydrogen-bond acceptors (Lipinski definition) is 6. The highest BCUT2D eigenvalue weighted by Gasteiger charge is 2.31. The largest absolute Gasteiger partial charge is 0.497 e. The number of carbonyl (C=O) groups excluding carboxylic acids is 2. The Hall–Kier alpha value is -3.59. The normalized spacial score (nSPS) is 11.2. The number of rotatable bonds is 9. The van der Waals surface area contributed by atoms with Crippen LogP contribution < -0.4 is 9.04 Å². The highest BCUT2D eigenvalue weighted by atomic mass is 32.2. The molecule has 33 heavy (non-hydrogen) atoms. The first-order valence-electron chi connectivity index (χ1n) is 10.3. The number of aryl methyl sites for hydroxylation is 2. The van der Waals surface area contributed by atoms with E-state index in [4.69, 9.17) is 9.47 Å². The van der Waals surface area contributed by atoms with E-state index in [2.05, 4.69) is 4.98 Å². The summed E-state index contributed by atoms with van der Waals surface area (Å²) >= 11 is 0. The number of nitrogens with zero attached hydrogens (tertiary/aromatic N) is 1. The maximum atomic E-state index is 13.5. The molecular weight excluding hydrogens is 444 g/mol. The number of H-pyrrole nitrogens is 1. The second-order valence-corrected chi connectivity index (χ2v) is 9.15. The molecule has 0 aliphatic carbocycles. The Labute approximate surface area is 193 Å². The molecule has 9 heteroatoms. The summed E-state index contributed by atoms with van der Waals surface area (Å²) in [4.78, 5) is 29.0. The van der Waals surface area contributed by atoms with Crippen LogP contribution in [0.15, 0.2) is 59.5 Å². The van der Waals surface area contributed by atoms with Gasteiger partial charge in [-0.15, -0.1) is 0 Å². The van der Waals surface area contributed by atoms with Crippen LogP contribution in [-0.4, -0.2) is 45.4 Å². The zero-order valence-electron chi connectivity index (χ0n) is 18.9. The Bertz CT molecular complexity index is 1250. The van der Waals surface area contributed by atoms with Gasteiger partial charge >= 0.3 is 5.97 Å². The topological polar surface area (TPSA) is 106 Å². The van der Waals surface area contributed by atoms with Crippen molar-refractivity contribution in [3.8, 4) is 5.75 Å². The fourth-order valence-corrected chi connectivity index (χ4v) is 5.02. The molecule has 0 amide bonds. The SMILES string of the molecule is CCOC(=O)c1c(C)[nH]c(C)c1C(=O)CN(c1ccc(OC)cc1)S(=O)(=O)c1ccccc1. The second kappa shape index (κ2) is 9.91. The quantitative estimate of drug-likeness (QED) is 0.376. The average Bonchev–Trinajstić information content (AvgIpc) is 3.11. The highest BCUT2D eigenvalue weighted by molar-refractivity contribution is 7.92. The minimum absolute atomic E-state index is 0.0428. The van der Waals surface area contributed by atoms with E-state index in [0.29, 0.717) is 17.1 Å². The van der Waals surface area contributed by atoms with Gasteiger partial charge in [0.1, 0.15) is 5.75 Å². The number of sulfonamides is 1. The predicted molar refractivity (Wildman–Crippen MR) is 125 cm³/mol. The van der Waals surface area contributed by atoms with Crippen molar-refractivity contribution in [1.29, 1.82) is 0 Å². The Morgan fingerprint density at radius 3 is 2.12 bits per heavy atom. The molecule has 0 saturated carbocycles. The van der Waals surface area contributed by atoms with Crippen molar-refractivity contribution in [2.45, 2.75) is 25.7 Å². The number of Topliss-reactive ketones (excluding diaryl/α,β-unsaturated/α-hetero) is 1. The number of nitrogens with one attached hydrogen (secondary N) is 1. The molecule has 3 aromatic rings. The van der Waals surface area contributed by atoms with Gasteiger partial charge in [-0.1, -0.05) is 18.2 Å². The molecular formula is C24H26N2O6S. The summed E-state index contributed by atoms with van der Waals surface area (Å²) in [5.74, 6) is -0.622. The number of ketones is 1. The third-order valence-electron chi connectivity index (χ3n) is 5.11. The van der Waals surface area contributed by atoms with E-state index >= 15 is 0 Å². The van der Waals surface area contributed by atoms with Crippen LogP contribution in [0.2, 0.25) is 0 Å². The van der Waals surface area contributed by atoms with Crippen LogP contribution in [0.5, 0.6) is 5.75 Å². The van der Waals surface area contributed by atoms with Crippen LogP contribution in [0.4, 0.5) is 5.69 Å². The molecule has 1 aromatic heterocycles. The molecule has 3 rings (SSSR count). The molecule has 0 saturated heterocycles. The van der Waals surface area contributed by atoms with E-state index in [1.54, 1.807) is 63.2 Å². The Morgan fingerprint density at radius 2 is 1.55 bits per heavy atom. The van der Waals surface area contributed by atoms with Crippen LogP contribution in [0, 0.1) is 13.8 Å². The minimum atomic E-state index is -4.08. The van der Waals surface area contributed by atoms with Crippen LogP contribution in [0.25, 0.3) is 0 Å². The summed E-state index contributed by atoms with van der Waals surface area (Å²) < 4.78 is 38.3. The summed E-state index contributed by atoms with van der Waals surface area (Å²) in [5, 5.41) is 0. The molecule has 0 aliphatic rings. The molecule has 1 N–H and O–H groups in total. The van der Waals surface area contributed by atoms with Crippen LogP contribution in [0.3, 0.4) is 0 Å². The summed E-state index contributed by atoms with van der Waals surface area (Å²) in [6.45, 7) is 4.64. The molecule has 0 atom stereocenters. The second-order valence-electron chi connectivity index (χ2n) is 7.29. The molecule has 0 radical (unpaired) electrons. The van der Waals surface area contributed by atoms with Gasteiger partial charge in [0.05, 0.1) is 42.0 Å². The van der Waals surface area contributed by atoms with Crippen molar-refractivity contribution < 1.29 is 27.5 Å². The average molecular weight is 471 g/mol. The molecule has 0 spiro atoms. The third kappa shape index (κ3) is 4.93. The van der Waals surface area contributed by atoms with Crippen molar-refractivity contribution in [2.24, 2.45) is 0 Å². The number of aromatic nitrogens is 1. The van der Waals surface area contributed by atoms with E-state index in [0.717, 1.165) is 4.31 Å². The Balaban J connectivity index is 2.08. The molecule has 1 heterocycles.